The van der Waals surface area contributed by atoms with Gasteiger partial charge in [-0.2, -0.15) is 0 Å². The van der Waals surface area contributed by atoms with Gasteiger partial charge in [0.05, 0.1) is 41.2 Å². The number of aliphatic hydroxyl groups is 1. The van der Waals surface area contributed by atoms with Crippen LogP contribution >= 0.6 is 11.3 Å². The number of aryl methyl sites for hydroxylation is 1. The number of nitrogens with zero attached hydrogens (tertiary/aromatic N) is 4. The van der Waals surface area contributed by atoms with Gasteiger partial charge in [0.1, 0.15) is 5.69 Å². The first-order valence-electron chi connectivity index (χ1n) is 9.78. The van der Waals surface area contributed by atoms with Crippen LogP contribution in [0.1, 0.15) is 12.1 Å². The molecule has 2 atom stereocenters. The summed E-state index contributed by atoms with van der Waals surface area (Å²) in [5.41, 5.74) is 1.82. The van der Waals surface area contributed by atoms with Crippen molar-refractivity contribution in [3.63, 3.8) is 0 Å². The minimum Gasteiger partial charge on any atom is -0.389 e. The molecule has 0 aliphatic carbocycles. The maximum atomic E-state index is 14.9. The summed E-state index contributed by atoms with van der Waals surface area (Å²) in [5, 5.41) is 15.0. The van der Waals surface area contributed by atoms with E-state index in [9.17, 15) is 13.9 Å². The van der Waals surface area contributed by atoms with E-state index in [-0.39, 0.29) is 35.5 Å². The highest BCUT2D eigenvalue weighted by Gasteiger charge is 2.25. The van der Waals surface area contributed by atoms with Gasteiger partial charge in [-0.3, -0.25) is 4.40 Å². The Kier molecular flexibility index (Phi) is 5.12. The van der Waals surface area contributed by atoms with Crippen molar-refractivity contribution in [2.75, 3.05) is 18.5 Å². The molecule has 0 unspecified atom stereocenters. The minimum atomic E-state index is -0.720. The van der Waals surface area contributed by atoms with E-state index in [1.807, 2.05) is 24.4 Å². The van der Waals surface area contributed by atoms with E-state index in [0.29, 0.717) is 18.7 Å². The highest BCUT2D eigenvalue weighted by molar-refractivity contribution is 7.13. The summed E-state index contributed by atoms with van der Waals surface area (Å²) in [7, 11) is 0. The fraction of sp³-hybridized carbons (Fsp3) is 0.286. The first-order chi connectivity index (χ1) is 15.0. The lowest BCUT2D eigenvalue weighted by Crippen LogP contribution is -2.42. The molecular formula is C21H19F2N5O2S. The third kappa shape index (κ3) is 3.67. The second kappa shape index (κ2) is 7.95. The number of hydrogen-bond donors (Lipinski definition) is 2. The van der Waals surface area contributed by atoms with Gasteiger partial charge >= 0.3 is 0 Å². The molecule has 160 valence electrons. The van der Waals surface area contributed by atoms with Crippen LogP contribution in [0.4, 0.5) is 14.7 Å². The standard InChI is InChI=1S/C21H19F2N5O2S/c1-11-19(17-3-2-6-31-17)28-9-12(7-13(22)20(28)25-11)18-14(23)8-24-21(27-18)26-15-4-5-30-10-16(15)29/h2-3,6-9,15-16,29H,4-5,10H2,1H3,(H,24,26,27)/t15-,16-/m1/s1. The van der Waals surface area contributed by atoms with Crippen LogP contribution < -0.4 is 5.32 Å². The number of thiophene rings is 1. The number of hydrogen-bond acceptors (Lipinski definition) is 7. The zero-order valence-electron chi connectivity index (χ0n) is 16.5. The van der Waals surface area contributed by atoms with Crippen molar-refractivity contribution in [2.45, 2.75) is 25.5 Å². The smallest absolute Gasteiger partial charge is 0.223 e. The predicted octanol–water partition coefficient (Wildman–Crippen LogP) is 3.67. The van der Waals surface area contributed by atoms with Crippen molar-refractivity contribution in [3.05, 3.63) is 53.3 Å². The SMILES string of the molecule is Cc1nc2c(F)cc(-c3nc(N[C@@H]4CCOC[C@H]4O)ncc3F)cn2c1-c1cccs1. The van der Waals surface area contributed by atoms with Crippen molar-refractivity contribution < 1.29 is 18.6 Å². The average molecular weight is 443 g/mol. The van der Waals surface area contributed by atoms with Crippen molar-refractivity contribution in [2.24, 2.45) is 0 Å². The number of rotatable bonds is 4. The van der Waals surface area contributed by atoms with Gasteiger partial charge in [-0.1, -0.05) is 6.07 Å². The van der Waals surface area contributed by atoms with Gasteiger partial charge in [0.15, 0.2) is 17.3 Å². The molecule has 7 nitrogen and oxygen atoms in total. The molecule has 0 radical (unpaired) electrons. The van der Waals surface area contributed by atoms with Gasteiger partial charge in [0.25, 0.3) is 0 Å². The molecule has 5 heterocycles. The molecule has 4 aromatic heterocycles. The third-order valence-corrected chi connectivity index (χ3v) is 6.14. The molecule has 4 aromatic rings. The van der Waals surface area contributed by atoms with Crippen molar-refractivity contribution in [1.29, 1.82) is 0 Å². The summed E-state index contributed by atoms with van der Waals surface area (Å²) in [4.78, 5) is 13.5. The van der Waals surface area contributed by atoms with E-state index in [1.54, 1.807) is 10.6 Å². The number of nitrogens with one attached hydrogen (secondary N) is 1. The second-order valence-electron chi connectivity index (χ2n) is 7.37. The Hall–Kier alpha value is -2.95. The number of aromatic nitrogens is 4. The normalized spacial score (nSPS) is 19.1. The number of anilines is 1. The van der Waals surface area contributed by atoms with Gasteiger partial charge in [-0.15, -0.1) is 11.3 Å². The van der Waals surface area contributed by atoms with Gasteiger partial charge in [-0.25, -0.2) is 23.7 Å². The zero-order valence-corrected chi connectivity index (χ0v) is 17.4. The highest BCUT2D eigenvalue weighted by atomic mass is 32.1. The largest absolute Gasteiger partial charge is 0.389 e. The Morgan fingerprint density at radius 2 is 2.16 bits per heavy atom. The van der Waals surface area contributed by atoms with Gasteiger partial charge in [0.2, 0.25) is 5.95 Å². The first kappa shape index (κ1) is 20.0. The van der Waals surface area contributed by atoms with Crippen LogP contribution in [0.3, 0.4) is 0 Å². The minimum absolute atomic E-state index is 0.0386. The monoisotopic (exact) mass is 443 g/mol. The molecule has 1 fully saturated rings. The Morgan fingerprint density at radius 1 is 1.29 bits per heavy atom. The molecule has 1 aliphatic rings. The lowest BCUT2D eigenvalue weighted by atomic mass is 10.1. The average Bonchev–Trinajstić information content (AvgIpc) is 3.38. The van der Waals surface area contributed by atoms with E-state index in [0.717, 1.165) is 16.8 Å². The van der Waals surface area contributed by atoms with E-state index >= 15 is 0 Å². The number of pyridine rings is 1. The Morgan fingerprint density at radius 3 is 2.94 bits per heavy atom. The number of halogens is 2. The molecule has 2 N–H and O–H groups in total. The summed E-state index contributed by atoms with van der Waals surface area (Å²) in [6.07, 6.45) is 2.52. The molecule has 0 aromatic carbocycles. The second-order valence-corrected chi connectivity index (χ2v) is 8.31. The zero-order chi connectivity index (χ0) is 21.5. The maximum Gasteiger partial charge on any atom is 0.223 e. The van der Waals surface area contributed by atoms with Crippen LogP contribution in [0, 0.1) is 18.6 Å². The fourth-order valence-corrected chi connectivity index (χ4v) is 4.57. The van der Waals surface area contributed by atoms with E-state index in [1.165, 1.54) is 17.4 Å². The molecular weight excluding hydrogens is 424 g/mol. The Labute approximate surface area is 180 Å². The molecule has 10 heteroatoms. The number of fused-ring (bicyclic) bond motifs is 1. The van der Waals surface area contributed by atoms with Crippen LogP contribution in [0.5, 0.6) is 0 Å². The quantitative estimate of drug-likeness (QED) is 0.501. The molecule has 0 amide bonds. The Bertz CT molecular complexity index is 1240. The Balaban J connectivity index is 1.58. The molecule has 31 heavy (non-hydrogen) atoms. The fourth-order valence-electron chi connectivity index (χ4n) is 3.75. The first-order valence-corrected chi connectivity index (χ1v) is 10.7. The third-order valence-electron chi connectivity index (χ3n) is 5.26. The summed E-state index contributed by atoms with van der Waals surface area (Å²) in [6, 6.07) is 4.75. The van der Waals surface area contributed by atoms with Gasteiger partial charge in [0, 0.05) is 18.4 Å². The molecule has 0 saturated carbocycles. The van der Waals surface area contributed by atoms with Crippen LogP contribution in [0.15, 0.2) is 36.0 Å². The van der Waals surface area contributed by atoms with Crippen molar-refractivity contribution >= 4 is 22.9 Å². The predicted molar refractivity (Wildman–Crippen MR) is 113 cm³/mol. The molecule has 0 spiro atoms. The van der Waals surface area contributed by atoms with Crippen molar-refractivity contribution in [3.8, 4) is 21.8 Å². The van der Waals surface area contributed by atoms with E-state index in [4.69, 9.17) is 4.74 Å². The maximum absolute atomic E-state index is 14.9. The molecule has 5 rings (SSSR count). The summed E-state index contributed by atoms with van der Waals surface area (Å²) in [6.45, 7) is 2.52. The lowest BCUT2D eigenvalue weighted by molar-refractivity contribution is -0.0136. The lowest BCUT2D eigenvalue weighted by Gasteiger charge is -2.28. The number of ether oxygens (including phenoxy) is 1. The van der Waals surface area contributed by atoms with E-state index < -0.39 is 17.7 Å². The number of imidazole rings is 1. The highest BCUT2D eigenvalue weighted by Crippen LogP contribution is 2.32. The van der Waals surface area contributed by atoms with Crippen LogP contribution in [-0.4, -0.2) is 49.8 Å². The van der Waals surface area contributed by atoms with Gasteiger partial charge < -0.3 is 15.2 Å². The summed E-state index contributed by atoms with van der Waals surface area (Å²) < 4.78 is 36.4. The summed E-state index contributed by atoms with van der Waals surface area (Å²) >= 11 is 1.52. The number of aliphatic hydroxyl groups excluding tert-OH is 1. The van der Waals surface area contributed by atoms with E-state index in [2.05, 4.69) is 20.3 Å². The molecule has 1 aliphatic heterocycles. The van der Waals surface area contributed by atoms with Gasteiger partial charge in [-0.05, 0) is 30.9 Å². The van der Waals surface area contributed by atoms with Crippen LogP contribution in [0.2, 0.25) is 0 Å². The molecule has 0 bridgehead atoms. The molecule has 1 saturated heterocycles. The van der Waals surface area contributed by atoms with Crippen LogP contribution in [-0.2, 0) is 4.74 Å². The van der Waals surface area contributed by atoms with Crippen LogP contribution in [0.25, 0.3) is 27.5 Å². The van der Waals surface area contributed by atoms with Crippen molar-refractivity contribution in [1.82, 2.24) is 19.4 Å². The topological polar surface area (TPSA) is 84.6 Å². The summed E-state index contributed by atoms with van der Waals surface area (Å²) in [5.74, 6) is -1.09.